The Bertz CT molecular complexity index is 440. The molecule has 0 unspecified atom stereocenters. The molecule has 0 atom stereocenters. The molecule has 0 bridgehead atoms. The van der Waals surface area contributed by atoms with E-state index >= 15 is 0 Å². The lowest BCUT2D eigenvalue weighted by Gasteiger charge is -2.15. The molecule has 0 aliphatic rings. The molecule has 0 saturated heterocycles. The highest BCUT2D eigenvalue weighted by Crippen LogP contribution is 2.20. The Morgan fingerprint density at radius 1 is 1.00 bits per heavy atom. The van der Waals surface area contributed by atoms with E-state index in [0.29, 0.717) is 4.90 Å². The van der Waals surface area contributed by atoms with Crippen molar-refractivity contribution in [3.8, 4) is 0 Å². The predicted octanol–water partition coefficient (Wildman–Crippen LogP) is 3.85. The summed E-state index contributed by atoms with van der Waals surface area (Å²) in [5.74, 6) is 0.726. The maximum Gasteiger partial charge on any atom is 0.175 e. The van der Waals surface area contributed by atoms with Gasteiger partial charge >= 0.3 is 0 Å². The van der Waals surface area contributed by atoms with Crippen molar-refractivity contribution in [2.24, 2.45) is 5.92 Å². The Morgan fingerprint density at radius 2 is 1.50 bits per heavy atom. The van der Waals surface area contributed by atoms with Crippen LogP contribution in [0.15, 0.2) is 29.2 Å². The number of benzene rings is 1. The second-order valence-corrected chi connectivity index (χ2v) is 7.08. The van der Waals surface area contributed by atoms with Gasteiger partial charge in [-0.1, -0.05) is 51.7 Å². The Hall–Kier alpha value is -0.830. The molecule has 0 aromatic heterocycles. The molecule has 1 aromatic carbocycles. The largest absolute Gasteiger partial charge is 0.224 e. The van der Waals surface area contributed by atoms with E-state index < -0.39 is 9.84 Å². The third-order valence-electron chi connectivity index (χ3n) is 3.27. The first-order chi connectivity index (χ1) is 8.47. The molecule has 102 valence electrons. The molecule has 0 spiro atoms. The Kier molecular flexibility index (Phi) is 5.86. The molecule has 18 heavy (non-hydrogen) atoms. The van der Waals surface area contributed by atoms with Gasteiger partial charge in [0.1, 0.15) is 0 Å². The van der Waals surface area contributed by atoms with E-state index in [4.69, 9.17) is 0 Å². The van der Waals surface area contributed by atoms with Gasteiger partial charge in [-0.25, -0.2) is 8.42 Å². The van der Waals surface area contributed by atoms with Gasteiger partial charge in [0.15, 0.2) is 9.84 Å². The van der Waals surface area contributed by atoms with Crippen molar-refractivity contribution >= 4 is 9.84 Å². The fourth-order valence-corrected chi connectivity index (χ4v) is 3.00. The Labute approximate surface area is 111 Å². The van der Waals surface area contributed by atoms with E-state index in [1.165, 1.54) is 37.5 Å². The molecule has 0 heterocycles. The minimum Gasteiger partial charge on any atom is -0.224 e. The minimum atomic E-state index is -3.07. The molecule has 1 aromatic rings. The molecule has 0 amide bonds. The van der Waals surface area contributed by atoms with Crippen LogP contribution in [0.4, 0.5) is 0 Å². The summed E-state index contributed by atoms with van der Waals surface area (Å²) in [6.45, 7) is 4.44. The number of hydrogen-bond donors (Lipinski definition) is 0. The number of hydrogen-bond acceptors (Lipinski definition) is 2. The molecule has 1 rings (SSSR count). The predicted molar refractivity (Wildman–Crippen MR) is 76.6 cm³/mol. The molecule has 0 N–H and O–H groups in total. The van der Waals surface area contributed by atoms with E-state index in [0.717, 1.165) is 12.3 Å². The molecule has 0 aliphatic carbocycles. The van der Waals surface area contributed by atoms with E-state index in [2.05, 4.69) is 13.8 Å². The maximum atomic E-state index is 11.4. The van der Waals surface area contributed by atoms with Crippen molar-refractivity contribution < 1.29 is 8.42 Å². The zero-order chi connectivity index (χ0) is 13.6. The Morgan fingerprint density at radius 3 is 1.89 bits per heavy atom. The average Bonchev–Trinajstić information content (AvgIpc) is 2.29. The Balaban J connectivity index is 2.73. The first-order valence-electron chi connectivity index (χ1n) is 6.76. The third kappa shape index (κ3) is 4.81. The summed E-state index contributed by atoms with van der Waals surface area (Å²) in [5, 5.41) is 0. The monoisotopic (exact) mass is 268 g/mol. The normalized spacial score (nSPS) is 12.0. The highest BCUT2D eigenvalue weighted by Gasteiger charge is 2.10. The van der Waals surface area contributed by atoms with Crippen LogP contribution in [-0.4, -0.2) is 14.7 Å². The fraction of sp³-hybridized carbons (Fsp3) is 0.600. The SMILES string of the molecule is CCCC(CCC)Cc1ccc(S(C)(=O)=O)cc1. The molecule has 0 fully saturated rings. The fourth-order valence-electron chi connectivity index (χ4n) is 2.37. The first kappa shape index (κ1) is 15.2. The second-order valence-electron chi connectivity index (χ2n) is 5.06. The van der Waals surface area contributed by atoms with Gasteiger partial charge in [0.05, 0.1) is 4.90 Å². The van der Waals surface area contributed by atoms with Gasteiger partial charge in [-0.3, -0.25) is 0 Å². The average molecular weight is 268 g/mol. The van der Waals surface area contributed by atoms with Crippen molar-refractivity contribution in [3.05, 3.63) is 29.8 Å². The summed E-state index contributed by atoms with van der Waals surface area (Å²) in [6, 6.07) is 7.35. The number of sulfone groups is 1. The topological polar surface area (TPSA) is 34.1 Å². The van der Waals surface area contributed by atoms with Crippen LogP contribution in [0.1, 0.15) is 45.1 Å². The summed E-state index contributed by atoms with van der Waals surface area (Å²) < 4.78 is 22.7. The summed E-state index contributed by atoms with van der Waals surface area (Å²) in [5.41, 5.74) is 1.24. The summed E-state index contributed by atoms with van der Waals surface area (Å²) >= 11 is 0. The third-order valence-corrected chi connectivity index (χ3v) is 4.40. The van der Waals surface area contributed by atoms with E-state index in [9.17, 15) is 8.42 Å². The van der Waals surface area contributed by atoms with E-state index in [1.807, 2.05) is 12.1 Å². The lowest BCUT2D eigenvalue weighted by atomic mass is 9.91. The standard InChI is InChI=1S/C15H24O2S/c1-4-6-13(7-5-2)12-14-8-10-15(11-9-14)18(3,16)17/h8-11,13H,4-7,12H2,1-3H3. The van der Waals surface area contributed by atoms with Gasteiger partial charge in [-0.15, -0.1) is 0 Å². The molecular weight excluding hydrogens is 244 g/mol. The van der Waals surface area contributed by atoms with Crippen LogP contribution in [0.3, 0.4) is 0 Å². The zero-order valence-electron chi connectivity index (χ0n) is 11.6. The first-order valence-corrected chi connectivity index (χ1v) is 8.65. The van der Waals surface area contributed by atoms with E-state index in [-0.39, 0.29) is 0 Å². The summed E-state index contributed by atoms with van der Waals surface area (Å²) in [6.07, 6.45) is 7.24. The molecule has 0 saturated carbocycles. The summed E-state index contributed by atoms with van der Waals surface area (Å²) in [7, 11) is -3.07. The molecule has 2 nitrogen and oxygen atoms in total. The van der Waals surface area contributed by atoms with Crippen molar-refractivity contribution in [1.29, 1.82) is 0 Å². The lowest BCUT2D eigenvalue weighted by Crippen LogP contribution is -2.04. The highest BCUT2D eigenvalue weighted by atomic mass is 32.2. The van der Waals surface area contributed by atoms with Crippen molar-refractivity contribution in [3.63, 3.8) is 0 Å². The van der Waals surface area contributed by atoms with Gasteiger partial charge in [-0.2, -0.15) is 0 Å². The van der Waals surface area contributed by atoms with Gasteiger partial charge in [0.2, 0.25) is 0 Å². The van der Waals surface area contributed by atoms with Crippen molar-refractivity contribution in [1.82, 2.24) is 0 Å². The lowest BCUT2D eigenvalue weighted by molar-refractivity contribution is 0.438. The van der Waals surface area contributed by atoms with Crippen molar-refractivity contribution in [2.75, 3.05) is 6.26 Å². The van der Waals surface area contributed by atoms with Crippen LogP contribution < -0.4 is 0 Å². The van der Waals surface area contributed by atoms with Gasteiger partial charge in [-0.05, 0) is 30.0 Å². The van der Waals surface area contributed by atoms with Crippen LogP contribution in [0.5, 0.6) is 0 Å². The minimum absolute atomic E-state index is 0.411. The van der Waals surface area contributed by atoms with Crippen molar-refractivity contribution in [2.45, 2.75) is 50.8 Å². The maximum absolute atomic E-state index is 11.4. The number of rotatable bonds is 7. The van der Waals surface area contributed by atoms with Gasteiger partial charge in [0, 0.05) is 6.26 Å². The van der Waals surface area contributed by atoms with Gasteiger partial charge < -0.3 is 0 Å². The smallest absolute Gasteiger partial charge is 0.175 e. The molecule has 0 radical (unpaired) electrons. The van der Waals surface area contributed by atoms with Crippen LogP contribution in [-0.2, 0) is 16.3 Å². The molecular formula is C15H24O2S. The zero-order valence-corrected chi connectivity index (χ0v) is 12.5. The molecule has 3 heteroatoms. The van der Waals surface area contributed by atoms with Gasteiger partial charge in [0.25, 0.3) is 0 Å². The van der Waals surface area contributed by atoms with Crippen LogP contribution in [0.25, 0.3) is 0 Å². The quantitative estimate of drug-likeness (QED) is 0.752. The highest BCUT2D eigenvalue weighted by molar-refractivity contribution is 7.90. The molecule has 0 aliphatic heterocycles. The second kappa shape index (κ2) is 6.93. The van der Waals surface area contributed by atoms with Crippen LogP contribution >= 0.6 is 0 Å². The summed E-state index contributed by atoms with van der Waals surface area (Å²) in [4.78, 5) is 0.411. The van der Waals surface area contributed by atoms with Crippen LogP contribution in [0.2, 0.25) is 0 Å². The van der Waals surface area contributed by atoms with Crippen LogP contribution in [0, 0.1) is 5.92 Å². The van der Waals surface area contributed by atoms with E-state index in [1.54, 1.807) is 12.1 Å².